The van der Waals surface area contributed by atoms with Crippen LogP contribution in [0.3, 0.4) is 0 Å². The Morgan fingerprint density at radius 3 is 2.61 bits per heavy atom. The van der Waals surface area contributed by atoms with E-state index in [0.717, 1.165) is 20.9 Å². The van der Waals surface area contributed by atoms with Gasteiger partial charge in [-0.1, -0.05) is 40.8 Å². The number of nitrogens with two attached hydrogens (primary N) is 1. The summed E-state index contributed by atoms with van der Waals surface area (Å²) in [6.07, 6.45) is 1.82. The fraction of sp³-hybridized carbons (Fsp3) is 0. The largest absolute Gasteiger partial charge is 0.366 e. The van der Waals surface area contributed by atoms with Gasteiger partial charge >= 0.3 is 0 Å². The molecular formula is C16H11N5OS. The Bertz CT molecular complexity index is 970. The number of fused-ring (bicyclic) bond motifs is 1. The molecule has 0 aliphatic rings. The number of primary amides is 1. The van der Waals surface area contributed by atoms with Crippen LogP contribution in [0.5, 0.6) is 0 Å². The highest BCUT2D eigenvalue weighted by Crippen LogP contribution is 2.25. The molecular weight excluding hydrogens is 310 g/mol. The summed E-state index contributed by atoms with van der Waals surface area (Å²) in [5.41, 5.74) is 8.22. The van der Waals surface area contributed by atoms with Crippen molar-refractivity contribution in [3.8, 4) is 16.4 Å². The van der Waals surface area contributed by atoms with Crippen LogP contribution in [0.15, 0.2) is 54.7 Å². The van der Waals surface area contributed by atoms with Crippen molar-refractivity contribution in [2.75, 3.05) is 0 Å². The van der Waals surface area contributed by atoms with Gasteiger partial charge in [0.25, 0.3) is 0 Å². The standard InChI is InChI=1S/C16H11N5OS/c17-15(22)11-7-5-10(6-8-11)13-9-21(20-19-13)16-18-12-3-1-2-4-14(12)23-16/h1-9H,(H2,17,22). The lowest BCUT2D eigenvalue weighted by Crippen LogP contribution is -2.10. The molecule has 0 bridgehead atoms. The zero-order chi connectivity index (χ0) is 15.8. The van der Waals surface area contributed by atoms with E-state index in [9.17, 15) is 4.79 Å². The number of carbonyl (C=O) groups excluding carboxylic acids is 1. The van der Waals surface area contributed by atoms with Gasteiger partial charge in [0.1, 0.15) is 5.69 Å². The molecule has 23 heavy (non-hydrogen) atoms. The van der Waals surface area contributed by atoms with Gasteiger partial charge in [0.05, 0.1) is 16.4 Å². The van der Waals surface area contributed by atoms with E-state index in [4.69, 9.17) is 5.73 Å². The summed E-state index contributed by atoms with van der Waals surface area (Å²) in [6, 6.07) is 14.9. The fourth-order valence-corrected chi connectivity index (χ4v) is 3.14. The van der Waals surface area contributed by atoms with Gasteiger partial charge in [0, 0.05) is 11.1 Å². The maximum atomic E-state index is 11.1. The highest BCUT2D eigenvalue weighted by atomic mass is 32.1. The molecule has 2 aromatic carbocycles. The van der Waals surface area contributed by atoms with Crippen LogP contribution >= 0.6 is 11.3 Å². The molecule has 1 amide bonds. The fourth-order valence-electron chi connectivity index (χ4n) is 2.25. The first kappa shape index (κ1) is 13.6. The Labute approximate surface area is 135 Å². The van der Waals surface area contributed by atoms with Crippen LogP contribution in [0, 0.1) is 0 Å². The van der Waals surface area contributed by atoms with Crippen LogP contribution in [0.2, 0.25) is 0 Å². The third-order valence-electron chi connectivity index (χ3n) is 3.44. The molecule has 4 aromatic rings. The minimum atomic E-state index is -0.449. The van der Waals surface area contributed by atoms with E-state index in [1.807, 2.05) is 30.5 Å². The molecule has 6 nitrogen and oxygen atoms in total. The average Bonchev–Trinajstić information content (AvgIpc) is 3.21. The topological polar surface area (TPSA) is 86.7 Å². The molecule has 2 aromatic heterocycles. The first-order valence-corrected chi connectivity index (χ1v) is 7.71. The quantitative estimate of drug-likeness (QED) is 0.628. The van der Waals surface area contributed by atoms with Crippen molar-refractivity contribution in [3.05, 3.63) is 60.3 Å². The van der Waals surface area contributed by atoms with Crippen molar-refractivity contribution in [1.29, 1.82) is 0 Å². The number of hydrogen-bond acceptors (Lipinski definition) is 5. The van der Waals surface area contributed by atoms with Crippen molar-refractivity contribution in [3.63, 3.8) is 0 Å². The van der Waals surface area contributed by atoms with Crippen molar-refractivity contribution in [2.45, 2.75) is 0 Å². The molecule has 4 rings (SSSR count). The lowest BCUT2D eigenvalue weighted by atomic mass is 10.1. The highest BCUT2D eigenvalue weighted by Gasteiger charge is 2.10. The second-order valence-electron chi connectivity index (χ2n) is 4.95. The Hall–Kier alpha value is -3.06. The highest BCUT2D eigenvalue weighted by molar-refractivity contribution is 7.20. The van der Waals surface area contributed by atoms with Crippen LogP contribution in [0.25, 0.3) is 26.6 Å². The second kappa shape index (κ2) is 5.29. The van der Waals surface area contributed by atoms with Crippen LogP contribution in [0.1, 0.15) is 10.4 Å². The van der Waals surface area contributed by atoms with Crippen LogP contribution in [-0.4, -0.2) is 25.9 Å². The van der Waals surface area contributed by atoms with E-state index in [1.165, 1.54) is 0 Å². The maximum Gasteiger partial charge on any atom is 0.248 e. The number of thiazole rings is 1. The molecule has 0 saturated carbocycles. The molecule has 0 unspecified atom stereocenters. The van der Waals surface area contributed by atoms with Crippen LogP contribution in [-0.2, 0) is 0 Å². The molecule has 0 radical (unpaired) electrons. The minimum Gasteiger partial charge on any atom is -0.366 e. The van der Waals surface area contributed by atoms with Gasteiger partial charge in [-0.05, 0) is 24.3 Å². The summed E-state index contributed by atoms with van der Waals surface area (Å²) < 4.78 is 2.76. The van der Waals surface area contributed by atoms with E-state index in [-0.39, 0.29) is 0 Å². The third kappa shape index (κ3) is 2.47. The van der Waals surface area contributed by atoms with E-state index in [2.05, 4.69) is 15.3 Å². The molecule has 0 spiro atoms. The van der Waals surface area contributed by atoms with Crippen molar-refractivity contribution < 1.29 is 4.79 Å². The lowest BCUT2D eigenvalue weighted by molar-refractivity contribution is 0.100. The van der Waals surface area contributed by atoms with Gasteiger partial charge in [0.2, 0.25) is 11.0 Å². The summed E-state index contributed by atoms with van der Waals surface area (Å²) in [6.45, 7) is 0. The van der Waals surface area contributed by atoms with Crippen molar-refractivity contribution >= 4 is 27.5 Å². The smallest absolute Gasteiger partial charge is 0.248 e. The molecule has 2 N–H and O–H groups in total. The zero-order valence-corrected chi connectivity index (χ0v) is 12.7. The average molecular weight is 321 g/mol. The van der Waals surface area contributed by atoms with Crippen molar-refractivity contribution in [1.82, 2.24) is 20.0 Å². The monoisotopic (exact) mass is 321 g/mol. The minimum absolute atomic E-state index is 0.449. The molecule has 0 aliphatic carbocycles. The maximum absolute atomic E-state index is 11.1. The second-order valence-corrected chi connectivity index (χ2v) is 5.96. The summed E-state index contributed by atoms with van der Waals surface area (Å²) in [5.74, 6) is -0.449. The number of amides is 1. The summed E-state index contributed by atoms with van der Waals surface area (Å²) in [5, 5.41) is 9.07. The molecule has 0 aliphatic heterocycles. The molecule has 0 saturated heterocycles. The van der Waals surface area contributed by atoms with Gasteiger partial charge in [0.15, 0.2) is 0 Å². The van der Waals surface area contributed by atoms with Gasteiger partial charge in [-0.2, -0.15) is 4.68 Å². The molecule has 2 heterocycles. The molecule has 0 fully saturated rings. The molecule has 112 valence electrons. The van der Waals surface area contributed by atoms with Gasteiger partial charge in [-0.15, -0.1) is 5.10 Å². The number of aromatic nitrogens is 4. The van der Waals surface area contributed by atoms with E-state index < -0.39 is 5.91 Å². The summed E-state index contributed by atoms with van der Waals surface area (Å²) >= 11 is 1.55. The van der Waals surface area contributed by atoms with E-state index in [0.29, 0.717) is 11.3 Å². The Morgan fingerprint density at radius 2 is 1.87 bits per heavy atom. The number of para-hydroxylation sites is 1. The third-order valence-corrected chi connectivity index (χ3v) is 4.46. The van der Waals surface area contributed by atoms with Crippen LogP contribution in [0.4, 0.5) is 0 Å². The number of carbonyl (C=O) groups is 1. The van der Waals surface area contributed by atoms with Gasteiger partial charge in [-0.3, -0.25) is 4.79 Å². The Balaban J connectivity index is 1.69. The first-order chi connectivity index (χ1) is 11.2. The van der Waals surface area contributed by atoms with Gasteiger partial charge in [-0.25, -0.2) is 4.98 Å². The first-order valence-electron chi connectivity index (χ1n) is 6.89. The normalized spacial score (nSPS) is 11.0. The van der Waals surface area contributed by atoms with Crippen LogP contribution < -0.4 is 5.73 Å². The van der Waals surface area contributed by atoms with Gasteiger partial charge < -0.3 is 5.73 Å². The lowest BCUT2D eigenvalue weighted by Gasteiger charge is -1.97. The SMILES string of the molecule is NC(=O)c1ccc(-c2cn(-c3nc4ccccc4s3)nn2)cc1. The zero-order valence-electron chi connectivity index (χ0n) is 11.9. The molecule has 0 atom stereocenters. The molecule has 7 heteroatoms. The Morgan fingerprint density at radius 1 is 1.09 bits per heavy atom. The van der Waals surface area contributed by atoms with E-state index in [1.54, 1.807) is 40.3 Å². The number of nitrogens with zero attached hydrogens (tertiary/aromatic N) is 4. The van der Waals surface area contributed by atoms with E-state index >= 15 is 0 Å². The predicted octanol–water partition coefficient (Wildman–Crippen LogP) is 2.64. The number of benzene rings is 2. The predicted molar refractivity (Wildman–Crippen MR) is 88.5 cm³/mol. The summed E-state index contributed by atoms with van der Waals surface area (Å²) in [4.78, 5) is 15.7. The number of rotatable bonds is 3. The van der Waals surface area contributed by atoms with Crippen molar-refractivity contribution in [2.24, 2.45) is 5.73 Å². The number of hydrogen-bond donors (Lipinski definition) is 1. The Kier molecular flexibility index (Phi) is 3.13. The summed E-state index contributed by atoms with van der Waals surface area (Å²) in [7, 11) is 0.